The molecule has 5 atom stereocenters. The minimum atomic E-state index is -1.39. The molecule has 10 heteroatoms. The normalized spacial score (nSPS) is 27.7. The number of aromatic hydroxyl groups is 2. The average molecular weight is 431 g/mol. The van der Waals surface area contributed by atoms with Crippen molar-refractivity contribution in [1.29, 1.82) is 0 Å². The molecular formula is C21H21NO9. The van der Waals surface area contributed by atoms with E-state index in [1.807, 2.05) is 0 Å². The maximum atomic E-state index is 12.9. The van der Waals surface area contributed by atoms with Gasteiger partial charge >= 0.3 is 0 Å². The van der Waals surface area contributed by atoms with E-state index in [-0.39, 0.29) is 34.6 Å². The first-order valence-corrected chi connectivity index (χ1v) is 9.51. The first-order chi connectivity index (χ1) is 14.7. The summed E-state index contributed by atoms with van der Waals surface area (Å²) in [7, 11) is 0. The molecule has 7 N–H and O–H groups in total. The largest absolute Gasteiger partial charge is 0.507 e. The lowest BCUT2D eigenvalue weighted by molar-refractivity contribution is -0.269. The van der Waals surface area contributed by atoms with Crippen molar-refractivity contribution in [2.45, 2.75) is 37.3 Å². The van der Waals surface area contributed by atoms with Gasteiger partial charge in [0.05, 0.1) is 30.4 Å². The highest BCUT2D eigenvalue weighted by molar-refractivity contribution is 6.30. The van der Waals surface area contributed by atoms with Gasteiger partial charge in [-0.3, -0.25) is 9.59 Å². The van der Waals surface area contributed by atoms with E-state index in [1.165, 1.54) is 30.3 Å². The maximum absolute atomic E-state index is 12.9. The number of nitrogens with two attached hydrogens (primary N) is 1. The van der Waals surface area contributed by atoms with Gasteiger partial charge in [0, 0.05) is 11.1 Å². The summed E-state index contributed by atoms with van der Waals surface area (Å²) in [6, 6.07) is 5.64. The van der Waals surface area contributed by atoms with Crippen LogP contribution in [0.25, 0.3) is 0 Å². The van der Waals surface area contributed by atoms with Crippen LogP contribution in [0.1, 0.15) is 37.4 Å². The van der Waals surface area contributed by atoms with E-state index in [9.17, 15) is 35.1 Å². The van der Waals surface area contributed by atoms with Crippen molar-refractivity contribution in [2.75, 3.05) is 6.61 Å². The van der Waals surface area contributed by atoms with E-state index < -0.39 is 54.6 Å². The molecule has 0 saturated carbocycles. The Balaban J connectivity index is 1.60. The van der Waals surface area contributed by atoms with Crippen molar-refractivity contribution < 1.29 is 44.6 Å². The van der Waals surface area contributed by atoms with E-state index in [0.29, 0.717) is 5.56 Å². The lowest BCUT2D eigenvalue weighted by Gasteiger charge is -2.40. The van der Waals surface area contributed by atoms with Crippen LogP contribution in [-0.4, -0.2) is 74.3 Å². The molecule has 0 amide bonds. The van der Waals surface area contributed by atoms with Crippen LogP contribution in [0.2, 0.25) is 0 Å². The third-order valence-corrected chi connectivity index (χ3v) is 5.51. The second kappa shape index (κ2) is 8.00. The highest BCUT2D eigenvalue weighted by atomic mass is 16.7. The van der Waals surface area contributed by atoms with Crippen LogP contribution < -0.4 is 5.73 Å². The summed E-state index contributed by atoms with van der Waals surface area (Å²) in [6.45, 7) is -0.776. The van der Waals surface area contributed by atoms with Crippen molar-refractivity contribution in [3.63, 3.8) is 0 Å². The molecule has 1 aliphatic heterocycles. The quantitative estimate of drug-likeness (QED) is 0.305. The average Bonchev–Trinajstić information content (AvgIpc) is 2.75. The molecule has 1 aliphatic carbocycles. The molecule has 0 bridgehead atoms. The number of fused-ring (bicyclic) bond motifs is 2. The second-order valence-electron chi connectivity index (χ2n) is 7.49. The number of ketones is 2. The van der Waals surface area contributed by atoms with Gasteiger partial charge in [0.25, 0.3) is 0 Å². The van der Waals surface area contributed by atoms with Crippen molar-refractivity contribution in [3.05, 3.63) is 58.1 Å². The fraction of sp³-hybridized carbons (Fsp3) is 0.333. The van der Waals surface area contributed by atoms with Crippen LogP contribution in [-0.2, 0) is 16.1 Å². The predicted octanol–water partition coefficient (Wildman–Crippen LogP) is -0.844. The number of hydrogen-bond donors (Lipinski definition) is 6. The number of phenolic OH excluding ortho intramolecular Hbond substituents is 2. The molecule has 4 rings (SSSR count). The lowest BCUT2D eigenvalue weighted by Crippen LogP contribution is -2.62. The van der Waals surface area contributed by atoms with Gasteiger partial charge in [0.2, 0.25) is 5.78 Å². The van der Waals surface area contributed by atoms with Crippen LogP contribution in [0.4, 0.5) is 0 Å². The summed E-state index contributed by atoms with van der Waals surface area (Å²) in [6.07, 6.45) is -5.05. The number of ether oxygens (including phenoxy) is 2. The first kappa shape index (κ1) is 21.4. The highest BCUT2D eigenvalue weighted by Gasteiger charge is 2.43. The monoisotopic (exact) mass is 431 g/mol. The van der Waals surface area contributed by atoms with Crippen molar-refractivity contribution in [1.82, 2.24) is 0 Å². The van der Waals surface area contributed by atoms with E-state index in [4.69, 9.17) is 15.2 Å². The van der Waals surface area contributed by atoms with Crippen molar-refractivity contribution >= 4 is 11.6 Å². The Bertz CT molecular complexity index is 1050. The number of aliphatic hydroxyl groups excluding tert-OH is 3. The Hall–Kier alpha value is -2.86. The fourth-order valence-corrected chi connectivity index (χ4v) is 3.86. The van der Waals surface area contributed by atoms with Gasteiger partial charge in [0.15, 0.2) is 12.1 Å². The molecule has 1 fully saturated rings. The van der Waals surface area contributed by atoms with E-state index in [1.54, 1.807) is 0 Å². The number of carbonyl (C=O) groups excluding carboxylic acids is 2. The molecule has 0 spiro atoms. The SMILES string of the molecule is N[C@H]1[C@H](OCc2cc(O)c3c(c2)C(=O)c2cccc(O)c2C3=O)O[C@H](CO)[C@@H](O)[C@@H]1O. The fourth-order valence-electron chi connectivity index (χ4n) is 3.86. The number of hydrogen-bond acceptors (Lipinski definition) is 10. The van der Waals surface area contributed by atoms with Gasteiger partial charge < -0.3 is 40.7 Å². The highest BCUT2D eigenvalue weighted by Crippen LogP contribution is 2.37. The number of aliphatic hydroxyl groups is 3. The Kier molecular flexibility index (Phi) is 5.52. The molecule has 164 valence electrons. The van der Waals surface area contributed by atoms with Gasteiger partial charge in [0.1, 0.15) is 29.8 Å². The van der Waals surface area contributed by atoms with Crippen molar-refractivity contribution in [2.24, 2.45) is 5.73 Å². The predicted molar refractivity (Wildman–Crippen MR) is 104 cm³/mol. The molecular weight excluding hydrogens is 410 g/mol. The molecule has 1 heterocycles. The number of phenols is 2. The molecule has 1 saturated heterocycles. The van der Waals surface area contributed by atoms with Crippen LogP contribution in [0.3, 0.4) is 0 Å². The molecule has 2 aromatic carbocycles. The Morgan fingerprint density at radius 3 is 2.39 bits per heavy atom. The molecule has 10 nitrogen and oxygen atoms in total. The van der Waals surface area contributed by atoms with E-state index >= 15 is 0 Å². The van der Waals surface area contributed by atoms with Crippen LogP contribution >= 0.6 is 0 Å². The standard InChI is InChI=1S/C21H21NO9/c22-16-20(29)18(27)13(6-23)31-21(16)30-7-8-4-10-15(12(25)5-8)19(28)14-9(17(10)26)2-1-3-11(14)24/h1-5,13,16,18,20-21,23-25,27,29H,6-7,22H2/t13-,16-,18-,20-,21-/m1/s1. The van der Waals surface area contributed by atoms with Gasteiger partial charge in [-0.2, -0.15) is 0 Å². The number of benzene rings is 2. The smallest absolute Gasteiger partial charge is 0.201 e. The minimum Gasteiger partial charge on any atom is -0.507 e. The Morgan fingerprint density at radius 2 is 1.68 bits per heavy atom. The molecule has 0 radical (unpaired) electrons. The lowest BCUT2D eigenvalue weighted by atomic mass is 9.82. The third kappa shape index (κ3) is 3.49. The van der Waals surface area contributed by atoms with E-state index in [2.05, 4.69) is 0 Å². The minimum absolute atomic E-state index is 0.0236. The molecule has 0 aromatic heterocycles. The summed E-state index contributed by atoms with van der Waals surface area (Å²) in [5, 5.41) is 49.5. The molecule has 2 aliphatic rings. The zero-order chi connectivity index (χ0) is 22.4. The maximum Gasteiger partial charge on any atom is 0.201 e. The zero-order valence-electron chi connectivity index (χ0n) is 16.1. The van der Waals surface area contributed by atoms with Gasteiger partial charge in [-0.1, -0.05) is 12.1 Å². The summed E-state index contributed by atoms with van der Waals surface area (Å²) in [5.74, 6) is -2.02. The summed E-state index contributed by atoms with van der Waals surface area (Å²) >= 11 is 0. The van der Waals surface area contributed by atoms with Crippen LogP contribution in [0, 0.1) is 0 Å². The first-order valence-electron chi connectivity index (χ1n) is 9.51. The summed E-state index contributed by atoms with van der Waals surface area (Å²) < 4.78 is 10.9. The zero-order valence-corrected chi connectivity index (χ0v) is 16.1. The Morgan fingerprint density at radius 1 is 0.968 bits per heavy atom. The molecule has 2 aromatic rings. The van der Waals surface area contributed by atoms with Gasteiger partial charge in [-0.15, -0.1) is 0 Å². The van der Waals surface area contributed by atoms with E-state index in [0.717, 1.165) is 0 Å². The van der Waals surface area contributed by atoms with Crippen LogP contribution in [0.5, 0.6) is 11.5 Å². The third-order valence-electron chi connectivity index (χ3n) is 5.51. The van der Waals surface area contributed by atoms with Crippen molar-refractivity contribution in [3.8, 4) is 11.5 Å². The number of rotatable bonds is 4. The second-order valence-corrected chi connectivity index (χ2v) is 7.49. The molecule has 31 heavy (non-hydrogen) atoms. The number of carbonyl (C=O) groups is 2. The summed E-state index contributed by atoms with van der Waals surface area (Å²) in [4.78, 5) is 25.7. The van der Waals surface area contributed by atoms with Gasteiger partial charge in [-0.25, -0.2) is 0 Å². The molecule has 0 unspecified atom stereocenters. The summed E-state index contributed by atoms with van der Waals surface area (Å²) in [5.41, 5.74) is 5.75. The topological polar surface area (TPSA) is 180 Å². The Labute approximate surface area is 176 Å². The van der Waals surface area contributed by atoms with Crippen LogP contribution in [0.15, 0.2) is 30.3 Å². The van der Waals surface area contributed by atoms with Gasteiger partial charge in [-0.05, 0) is 23.8 Å².